The van der Waals surface area contributed by atoms with Gasteiger partial charge in [0.1, 0.15) is 11.6 Å². The Bertz CT molecular complexity index is 994. The molecule has 33 heavy (non-hydrogen) atoms. The molecule has 0 saturated heterocycles. The number of hydrogen-bond acceptors (Lipinski definition) is 2. The van der Waals surface area contributed by atoms with E-state index in [-0.39, 0.29) is 12.0 Å². The fourth-order valence-electron chi connectivity index (χ4n) is 7.07. The number of unbranched alkanes of at least 4 members (excludes halogenated alkanes) is 2. The van der Waals surface area contributed by atoms with Gasteiger partial charge in [-0.1, -0.05) is 24.3 Å². The predicted molar refractivity (Wildman–Crippen MR) is 128 cm³/mol. The second-order valence-electron chi connectivity index (χ2n) is 10.7. The molecule has 2 aromatic rings. The van der Waals surface area contributed by atoms with Crippen LogP contribution >= 0.6 is 7.60 Å². The van der Waals surface area contributed by atoms with Crippen molar-refractivity contribution in [3.05, 3.63) is 53.8 Å². The minimum atomic E-state index is -3.92. The fourth-order valence-corrected chi connectivity index (χ4v) is 7.71. The maximum Gasteiger partial charge on any atom is 0.325 e. The van der Waals surface area contributed by atoms with Gasteiger partial charge in [0, 0.05) is 17.8 Å². The predicted octanol–water partition coefficient (Wildman–Crippen LogP) is 6.69. The number of ether oxygens (including phenoxy) is 1. The van der Waals surface area contributed by atoms with Crippen LogP contribution in [0.4, 0.5) is 4.39 Å². The quantitative estimate of drug-likeness (QED) is 0.315. The van der Waals surface area contributed by atoms with E-state index in [0.29, 0.717) is 42.6 Å². The topological polar surface area (TPSA) is 66.8 Å². The second-order valence-corrected chi connectivity index (χ2v) is 12.5. The second kappa shape index (κ2) is 9.17. The van der Waals surface area contributed by atoms with Crippen molar-refractivity contribution in [3.8, 4) is 16.9 Å². The van der Waals surface area contributed by atoms with Gasteiger partial charge in [0.15, 0.2) is 0 Å². The Morgan fingerprint density at radius 3 is 2.12 bits per heavy atom. The number of halogens is 1. The Morgan fingerprint density at radius 1 is 0.909 bits per heavy atom. The van der Waals surface area contributed by atoms with Crippen molar-refractivity contribution in [3.63, 3.8) is 0 Å². The first-order valence-corrected chi connectivity index (χ1v) is 14.2. The van der Waals surface area contributed by atoms with Crippen LogP contribution in [0.15, 0.2) is 42.5 Å². The molecule has 4 bridgehead atoms. The largest absolute Gasteiger partial charge is 0.493 e. The van der Waals surface area contributed by atoms with Crippen molar-refractivity contribution >= 4 is 7.60 Å². The first-order chi connectivity index (χ1) is 15.8. The molecule has 0 amide bonds. The van der Waals surface area contributed by atoms with Crippen LogP contribution in [0.3, 0.4) is 0 Å². The first-order valence-electron chi connectivity index (χ1n) is 12.4. The molecular formula is C27H34FO4P. The van der Waals surface area contributed by atoms with Crippen molar-refractivity contribution < 1.29 is 23.5 Å². The lowest BCUT2D eigenvalue weighted by molar-refractivity contribution is -0.00518. The molecule has 0 aromatic heterocycles. The molecule has 4 aliphatic rings. The average Bonchev–Trinajstić information content (AvgIpc) is 2.75. The Balaban J connectivity index is 1.19. The van der Waals surface area contributed by atoms with Gasteiger partial charge in [0.25, 0.3) is 0 Å². The lowest BCUT2D eigenvalue weighted by Crippen LogP contribution is -2.48. The highest BCUT2D eigenvalue weighted by atomic mass is 31.2. The molecule has 0 heterocycles. The van der Waals surface area contributed by atoms with Crippen LogP contribution in [0.2, 0.25) is 0 Å². The summed E-state index contributed by atoms with van der Waals surface area (Å²) >= 11 is 0. The average molecular weight is 473 g/mol. The zero-order chi connectivity index (χ0) is 23.1. The molecule has 0 spiro atoms. The maximum absolute atomic E-state index is 14.8. The molecule has 4 fully saturated rings. The van der Waals surface area contributed by atoms with E-state index in [0.717, 1.165) is 23.3 Å². The van der Waals surface area contributed by atoms with E-state index >= 15 is 0 Å². The zero-order valence-electron chi connectivity index (χ0n) is 19.1. The molecule has 4 saturated carbocycles. The van der Waals surface area contributed by atoms with E-state index in [2.05, 4.69) is 24.3 Å². The summed E-state index contributed by atoms with van der Waals surface area (Å²) in [6, 6.07) is 13.6. The third kappa shape index (κ3) is 5.21. The highest BCUT2D eigenvalue weighted by Gasteiger charge is 2.51. The molecule has 0 radical (unpaired) electrons. The highest BCUT2D eigenvalue weighted by molar-refractivity contribution is 7.51. The summed E-state index contributed by atoms with van der Waals surface area (Å²) in [7, 11) is -3.92. The lowest BCUT2D eigenvalue weighted by atomic mass is 9.48. The lowest BCUT2D eigenvalue weighted by Gasteiger charge is -2.57. The maximum atomic E-state index is 14.8. The summed E-state index contributed by atoms with van der Waals surface area (Å²) in [5, 5.41) is 0. The number of rotatable bonds is 9. The molecule has 178 valence electrons. The van der Waals surface area contributed by atoms with Crippen molar-refractivity contribution in [2.75, 3.05) is 12.8 Å². The van der Waals surface area contributed by atoms with Gasteiger partial charge in [0.05, 0.1) is 6.61 Å². The van der Waals surface area contributed by atoms with Crippen LogP contribution in [0.1, 0.15) is 63.4 Å². The van der Waals surface area contributed by atoms with Gasteiger partial charge in [-0.2, -0.15) is 0 Å². The molecule has 6 heteroatoms. The Morgan fingerprint density at radius 2 is 1.55 bits per heavy atom. The Labute approximate surface area is 195 Å². The molecule has 4 nitrogen and oxygen atoms in total. The molecule has 0 unspecified atom stereocenters. The summed E-state index contributed by atoms with van der Waals surface area (Å²) in [5.74, 6) is 2.92. The van der Waals surface area contributed by atoms with Crippen molar-refractivity contribution in [1.29, 1.82) is 0 Å². The molecule has 2 N–H and O–H groups in total. The SMILES string of the molecule is O=P(O)(O)CCCCCOc1ccc(-c2ccc([C@]34CC5C[C@H](C[C@@H](C5)C3)C4)cc2)c(F)c1. The molecule has 6 rings (SSSR count). The standard InChI is InChI=1S/C27H34FO4P/c28-26-15-24(32-10-2-1-3-11-33(29,30)31)8-9-25(26)22-4-6-23(7-5-22)27-16-19-12-20(17-27)14-21(13-19)18-27/h4-9,15,19-21H,1-3,10-14,16-18H2,(H2,29,30,31)/t19-,20-,21?,27-/m0/s1. The van der Waals surface area contributed by atoms with Crippen molar-refractivity contribution in [1.82, 2.24) is 0 Å². The highest BCUT2D eigenvalue weighted by Crippen LogP contribution is 2.60. The van der Waals surface area contributed by atoms with Gasteiger partial charge in [-0.15, -0.1) is 0 Å². The molecular weight excluding hydrogens is 438 g/mol. The van der Waals surface area contributed by atoms with Crippen LogP contribution in [-0.2, 0) is 9.98 Å². The molecule has 4 aliphatic carbocycles. The third-order valence-corrected chi connectivity index (χ3v) is 9.05. The Hall–Kier alpha value is -1.68. The first kappa shape index (κ1) is 23.1. The molecule has 0 aliphatic heterocycles. The van der Waals surface area contributed by atoms with Crippen LogP contribution in [0.25, 0.3) is 11.1 Å². The molecule has 0 atom stereocenters. The summed E-state index contributed by atoms with van der Waals surface area (Å²) in [6.07, 6.45) is 10.0. The van der Waals surface area contributed by atoms with Crippen LogP contribution in [-0.4, -0.2) is 22.6 Å². The van der Waals surface area contributed by atoms with Gasteiger partial charge in [-0.05, 0) is 104 Å². The zero-order valence-corrected chi connectivity index (χ0v) is 20.0. The van der Waals surface area contributed by atoms with Crippen LogP contribution < -0.4 is 4.74 Å². The molecule has 2 aromatic carbocycles. The smallest absolute Gasteiger partial charge is 0.325 e. The Kier molecular flexibility index (Phi) is 6.41. The minimum Gasteiger partial charge on any atom is -0.493 e. The van der Waals surface area contributed by atoms with Gasteiger partial charge < -0.3 is 14.5 Å². The van der Waals surface area contributed by atoms with Crippen LogP contribution in [0, 0.1) is 23.6 Å². The fraction of sp³-hybridized carbons (Fsp3) is 0.556. The van der Waals surface area contributed by atoms with E-state index in [1.807, 2.05) is 0 Å². The summed E-state index contributed by atoms with van der Waals surface area (Å²) in [4.78, 5) is 17.7. The van der Waals surface area contributed by atoms with Gasteiger partial charge in [0.2, 0.25) is 0 Å². The minimum absolute atomic E-state index is 0.0992. The number of benzene rings is 2. The summed E-state index contributed by atoms with van der Waals surface area (Å²) in [6.45, 7) is 0.402. The van der Waals surface area contributed by atoms with E-state index in [9.17, 15) is 8.96 Å². The van der Waals surface area contributed by atoms with Crippen molar-refractivity contribution in [2.24, 2.45) is 17.8 Å². The van der Waals surface area contributed by atoms with Crippen LogP contribution in [0.5, 0.6) is 5.75 Å². The summed E-state index contributed by atoms with van der Waals surface area (Å²) < 4.78 is 31.3. The van der Waals surface area contributed by atoms with Gasteiger partial charge in [-0.25, -0.2) is 4.39 Å². The number of hydrogen-bond donors (Lipinski definition) is 2. The van der Waals surface area contributed by atoms with Gasteiger partial charge >= 0.3 is 7.60 Å². The monoisotopic (exact) mass is 472 g/mol. The van der Waals surface area contributed by atoms with E-state index in [4.69, 9.17) is 14.5 Å². The van der Waals surface area contributed by atoms with E-state index in [1.165, 1.54) is 50.2 Å². The third-order valence-electron chi connectivity index (χ3n) is 8.15. The van der Waals surface area contributed by atoms with Crippen molar-refractivity contribution in [2.45, 2.75) is 63.2 Å². The summed E-state index contributed by atoms with van der Waals surface area (Å²) in [5.41, 5.74) is 3.28. The van der Waals surface area contributed by atoms with E-state index in [1.54, 1.807) is 12.1 Å². The normalized spacial score (nSPS) is 28.3. The van der Waals surface area contributed by atoms with Gasteiger partial charge in [-0.3, -0.25) is 4.57 Å². The van der Waals surface area contributed by atoms with E-state index < -0.39 is 7.60 Å².